The number of hydrogen-bond donors (Lipinski definition) is 0. The molecule has 0 radical (unpaired) electrons. The van der Waals surface area contributed by atoms with Gasteiger partial charge in [-0.25, -0.2) is 8.42 Å². The van der Waals surface area contributed by atoms with Gasteiger partial charge in [0.2, 0.25) is 15.9 Å². The highest BCUT2D eigenvalue weighted by Crippen LogP contribution is 2.19. The number of carbonyl (C=O) groups excluding carboxylic acids is 2. The average molecular weight is 472 g/mol. The highest BCUT2D eigenvalue weighted by atomic mass is 32.2. The lowest BCUT2D eigenvalue weighted by atomic mass is 10.1. The summed E-state index contributed by atoms with van der Waals surface area (Å²) in [5, 5.41) is 0. The van der Waals surface area contributed by atoms with Gasteiger partial charge in [-0.2, -0.15) is 4.31 Å². The topological polar surface area (TPSA) is 78.0 Å². The van der Waals surface area contributed by atoms with Gasteiger partial charge in [0.15, 0.2) is 0 Å². The van der Waals surface area contributed by atoms with Crippen LogP contribution in [0, 0.1) is 0 Å². The minimum absolute atomic E-state index is 0.116. The maximum Gasteiger partial charge on any atom is 0.254 e. The lowest BCUT2D eigenvalue weighted by Crippen LogP contribution is -2.50. The first-order chi connectivity index (χ1) is 15.9. The van der Waals surface area contributed by atoms with Gasteiger partial charge < -0.3 is 9.80 Å². The zero-order valence-corrected chi connectivity index (χ0v) is 20.3. The molecule has 1 saturated heterocycles. The third kappa shape index (κ3) is 6.21. The molecule has 2 aromatic rings. The fraction of sp³-hybridized carbons (Fsp3) is 0.440. The van der Waals surface area contributed by atoms with Crippen molar-refractivity contribution >= 4 is 21.8 Å². The summed E-state index contributed by atoms with van der Waals surface area (Å²) in [6.45, 7) is 6.20. The van der Waals surface area contributed by atoms with Crippen molar-refractivity contribution in [1.82, 2.24) is 14.1 Å². The number of carbonyl (C=O) groups is 2. The summed E-state index contributed by atoms with van der Waals surface area (Å²) in [7, 11) is -3.63. The molecule has 0 bridgehead atoms. The van der Waals surface area contributed by atoms with Crippen molar-refractivity contribution in [2.45, 2.75) is 38.0 Å². The van der Waals surface area contributed by atoms with Crippen LogP contribution in [0.1, 0.15) is 42.6 Å². The molecule has 0 atom stereocenters. The van der Waals surface area contributed by atoms with E-state index in [4.69, 9.17) is 0 Å². The molecule has 0 aromatic heterocycles. The summed E-state index contributed by atoms with van der Waals surface area (Å²) in [5.41, 5.74) is 1.58. The second-order valence-electron chi connectivity index (χ2n) is 8.13. The first-order valence-electron chi connectivity index (χ1n) is 11.6. The molecule has 0 N–H and O–H groups in total. The van der Waals surface area contributed by atoms with E-state index >= 15 is 0 Å². The summed E-state index contributed by atoms with van der Waals surface area (Å²) in [6, 6.07) is 16.3. The molecule has 1 aliphatic heterocycles. The number of hydrogen-bond acceptors (Lipinski definition) is 4. The van der Waals surface area contributed by atoms with E-state index in [-0.39, 0.29) is 16.7 Å². The van der Waals surface area contributed by atoms with E-state index in [0.717, 1.165) is 12.8 Å². The monoisotopic (exact) mass is 471 g/mol. The highest BCUT2D eigenvalue weighted by Gasteiger charge is 2.27. The number of piperazine rings is 1. The van der Waals surface area contributed by atoms with Crippen molar-refractivity contribution < 1.29 is 18.0 Å². The van der Waals surface area contributed by atoms with Crippen LogP contribution in [-0.4, -0.2) is 73.6 Å². The van der Waals surface area contributed by atoms with Crippen LogP contribution in [0.2, 0.25) is 0 Å². The van der Waals surface area contributed by atoms with E-state index in [0.29, 0.717) is 51.3 Å². The van der Waals surface area contributed by atoms with Crippen molar-refractivity contribution in [2.24, 2.45) is 0 Å². The van der Waals surface area contributed by atoms with Crippen molar-refractivity contribution in [3.63, 3.8) is 0 Å². The Labute approximate surface area is 197 Å². The zero-order chi connectivity index (χ0) is 23.8. The third-order valence-electron chi connectivity index (χ3n) is 6.04. The maximum absolute atomic E-state index is 13.0. The SMILES string of the molecule is CCN(CC)S(=O)(=O)c1cccc(C(=O)N2CCN(C(=O)CCCc3ccccc3)CC2)c1. The molecular formula is C25H33N3O4S. The Balaban J connectivity index is 1.54. The standard InChI is InChI=1S/C25H33N3O4S/c1-3-28(4-2)33(31,32)23-14-9-13-22(20-23)25(30)27-18-16-26(17-19-27)24(29)15-8-12-21-10-6-5-7-11-21/h5-7,9-11,13-14,20H,3-4,8,12,15-19H2,1-2H3. The van der Waals surface area contributed by atoms with Gasteiger partial charge in [-0.1, -0.05) is 50.2 Å². The number of benzene rings is 2. The number of rotatable bonds is 9. The largest absolute Gasteiger partial charge is 0.339 e. The second-order valence-corrected chi connectivity index (χ2v) is 10.1. The summed E-state index contributed by atoms with van der Waals surface area (Å²) in [5.74, 6) is -0.0897. The van der Waals surface area contributed by atoms with Gasteiger partial charge in [0.05, 0.1) is 4.90 Å². The number of aryl methyl sites for hydroxylation is 1. The molecule has 0 spiro atoms. The first kappa shape index (κ1) is 24.9. The van der Waals surface area contributed by atoms with Crippen molar-refractivity contribution in [2.75, 3.05) is 39.3 Å². The lowest BCUT2D eigenvalue weighted by Gasteiger charge is -2.35. The fourth-order valence-electron chi connectivity index (χ4n) is 4.09. The highest BCUT2D eigenvalue weighted by molar-refractivity contribution is 7.89. The third-order valence-corrected chi connectivity index (χ3v) is 8.09. The molecule has 1 aliphatic rings. The normalized spacial score (nSPS) is 14.5. The molecule has 2 aromatic carbocycles. The Morgan fingerprint density at radius 1 is 0.879 bits per heavy atom. The van der Waals surface area contributed by atoms with Crippen LogP contribution in [0.25, 0.3) is 0 Å². The van der Waals surface area contributed by atoms with E-state index in [1.165, 1.54) is 22.0 Å². The fourth-order valence-corrected chi connectivity index (χ4v) is 5.59. The molecule has 1 fully saturated rings. The van der Waals surface area contributed by atoms with Crippen LogP contribution in [0.15, 0.2) is 59.5 Å². The number of sulfonamides is 1. The van der Waals surface area contributed by atoms with Crippen molar-refractivity contribution in [3.05, 3.63) is 65.7 Å². The number of amides is 2. The predicted molar refractivity (Wildman–Crippen MR) is 128 cm³/mol. The molecule has 0 saturated carbocycles. The molecule has 1 heterocycles. The predicted octanol–water partition coefficient (Wildman–Crippen LogP) is 3.02. The van der Waals surface area contributed by atoms with Crippen molar-refractivity contribution in [3.8, 4) is 0 Å². The zero-order valence-electron chi connectivity index (χ0n) is 19.4. The Kier molecular flexibility index (Phi) is 8.63. The van der Waals surface area contributed by atoms with Crippen LogP contribution in [0.5, 0.6) is 0 Å². The first-order valence-corrected chi connectivity index (χ1v) is 13.0. The second kappa shape index (κ2) is 11.4. The Morgan fingerprint density at radius 2 is 1.52 bits per heavy atom. The number of nitrogens with zero attached hydrogens (tertiary/aromatic N) is 3. The smallest absolute Gasteiger partial charge is 0.254 e. The average Bonchev–Trinajstić information content (AvgIpc) is 2.85. The summed E-state index contributed by atoms with van der Waals surface area (Å²) < 4.78 is 27.0. The van der Waals surface area contributed by atoms with Gasteiger partial charge in [0, 0.05) is 51.3 Å². The van der Waals surface area contributed by atoms with Crippen LogP contribution in [0.4, 0.5) is 0 Å². The van der Waals surface area contributed by atoms with Crippen LogP contribution in [0.3, 0.4) is 0 Å². The van der Waals surface area contributed by atoms with Gasteiger partial charge in [-0.15, -0.1) is 0 Å². The summed E-state index contributed by atoms with van der Waals surface area (Å²) in [4.78, 5) is 29.2. The van der Waals surface area contributed by atoms with E-state index in [2.05, 4.69) is 12.1 Å². The van der Waals surface area contributed by atoms with Gasteiger partial charge in [0.1, 0.15) is 0 Å². The lowest BCUT2D eigenvalue weighted by molar-refractivity contribution is -0.132. The summed E-state index contributed by atoms with van der Waals surface area (Å²) >= 11 is 0. The van der Waals surface area contributed by atoms with E-state index < -0.39 is 10.0 Å². The molecule has 33 heavy (non-hydrogen) atoms. The van der Waals surface area contributed by atoms with Crippen molar-refractivity contribution in [1.29, 1.82) is 0 Å². The van der Waals surface area contributed by atoms with Crippen LogP contribution in [-0.2, 0) is 21.2 Å². The summed E-state index contributed by atoms with van der Waals surface area (Å²) in [6.07, 6.45) is 2.17. The van der Waals surface area contributed by atoms with Gasteiger partial charge in [-0.05, 0) is 36.6 Å². The Bertz CT molecular complexity index is 1040. The van der Waals surface area contributed by atoms with Gasteiger partial charge >= 0.3 is 0 Å². The van der Waals surface area contributed by atoms with Crippen LogP contribution < -0.4 is 0 Å². The molecule has 3 rings (SSSR count). The Hall–Kier alpha value is -2.71. The van der Waals surface area contributed by atoms with E-state index in [9.17, 15) is 18.0 Å². The van der Waals surface area contributed by atoms with Crippen LogP contribution >= 0.6 is 0 Å². The minimum Gasteiger partial charge on any atom is -0.339 e. The maximum atomic E-state index is 13.0. The minimum atomic E-state index is -3.63. The quantitative estimate of drug-likeness (QED) is 0.563. The molecule has 7 nitrogen and oxygen atoms in total. The van der Waals surface area contributed by atoms with E-state index in [1.54, 1.807) is 30.9 Å². The molecule has 2 amide bonds. The van der Waals surface area contributed by atoms with Gasteiger partial charge in [0.25, 0.3) is 5.91 Å². The van der Waals surface area contributed by atoms with Gasteiger partial charge in [-0.3, -0.25) is 9.59 Å². The molecule has 0 aliphatic carbocycles. The molecule has 8 heteroatoms. The molecule has 0 unspecified atom stereocenters. The molecule has 178 valence electrons. The Morgan fingerprint density at radius 3 is 2.15 bits per heavy atom. The molecular weight excluding hydrogens is 438 g/mol. The van der Waals surface area contributed by atoms with E-state index in [1.807, 2.05) is 23.1 Å².